The lowest BCUT2D eigenvalue weighted by Gasteiger charge is -2.42. The number of rotatable bonds is 6. The number of ether oxygens (including phenoxy) is 1. The molecule has 4 heteroatoms. The topological polar surface area (TPSA) is 41.6 Å². The van der Waals surface area contributed by atoms with Gasteiger partial charge in [-0.25, -0.2) is 0 Å². The van der Waals surface area contributed by atoms with Gasteiger partial charge in [0.15, 0.2) is 0 Å². The van der Waals surface area contributed by atoms with Crippen molar-refractivity contribution in [1.29, 1.82) is 0 Å². The van der Waals surface area contributed by atoms with Gasteiger partial charge in [-0.05, 0) is 65.5 Å². The second kappa shape index (κ2) is 6.23. The molecule has 2 saturated carbocycles. The number of carbonyl (C=O) groups is 1. The maximum Gasteiger partial charge on any atom is 0.326 e. The molecule has 0 saturated heterocycles. The van der Waals surface area contributed by atoms with Crippen LogP contribution in [0.3, 0.4) is 0 Å². The number of likely N-dealkylation sites (N-methyl/N-ethyl adjacent to an activating group) is 1. The highest BCUT2D eigenvalue weighted by Gasteiger charge is 2.44. The highest BCUT2D eigenvalue weighted by atomic mass is 16.5. The summed E-state index contributed by atoms with van der Waals surface area (Å²) in [6, 6.07) is 0.506. The normalized spacial score (nSPS) is 31.5. The number of nitrogens with zero attached hydrogens (tertiary/aromatic N) is 1. The highest BCUT2D eigenvalue weighted by molar-refractivity contribution is 5.81. The second-order valence-electron chi connectivity index (χ2n) is 6.19. The Hall–Kier alpha value is -0.610. The van der Waals surface area contributed by atoms with E-state index in [9.17, 15) is 4.79 Å². The molecule has 0 amide bonds. The van der Waals surface area contributed by atoms with Crippen LogP contribution >= 0.6 is 0 Å². The van der Waals surface area contributed by atoms with Crippen molar-refractivity contribution < 1.29 is 9.53 Å². The van der Waals surface area contributed by atoms with E-state index in [0.29, 0.717) is 12.6 Å². The molecule has 0 aromatic heterocycles. The summed E-state index contributed by atoms with van der Waals surface area (Å²) in [6.45, 7) is 3.53. The van der Waals surface area contributed by atoms with Crippen LogP contribution in [0.4, 0.5) is 0 Å². The average Bonchev–Trinajstić information content (AvgIpc) is 3.23. The average molecular weight is 268 g/mol. The van der Waals surface area contributed by atoms with Crippen molar-refractivity contribution in [2.24, 2.45) is 5.92 Å². The lowest BCUT2D eigenvalue weighted by atomic mass is 9.78. The minimum absolute atomic E-state index is 0.0676. The molecular weight excluding hydrogens is 240 g/mol. The van der Waals surface area contributed by atoms with Gasteiger partial charge in [0.2, 0.25) is 0 Å². The van der Waals surface area contributed by atoms with Crippen molar-refractivity contribution in [1.82, 2.24) is 10.2 Å². The second-order valence-corrected chi connectivity index (χ2v) is 6.19. The summed E-state index contributed by atoms with van der Waals surface area (Å²) in [5.41, 5.74) is -0.462. The van der Waals surface area contributed by atoms with Crippen molar-refractivity contribution in [3.63, 3.8) is 0 Å². The third-order valence-electron chi connectivity index (χ3n) is 4.74. The molecule has 2 aliphatic carbocycles. The van der Waals surface area contributed by atoms with Crippen molar-refractivity contribution in [3.05, 3.63) is 0 Å². The molecule has 4 nitrogen and oxygen atoms in total. The quantitative estimate of drug-likeness (QED) is 0.746. The molecule has 2 unspecified atom stereocenters. The van der Waals surface area contributed by atoms with E-state index >= 15 is 0 Å². The third-order valence-corrected chi connectivity index (χ3v) is 4.74. The number of carbonyl (C=O) groups excluding carboxylic acids is 1. The maximum atomic E-state index is 12.3. The van der Waals surface area contributed by atoms with E-state index < -0.39 is 5.54 Å². The van der Waals surface area contributed by atoms with Crippen molar-refractivity contribution in [3.8, 4) is 0 Å². The highest BCUT2D eigenvalue weighted by Crippen LogP contribution is 2.35. The van der Waals surface area contributed by atoms with Gasteiger partial charge in [-0.1, -0.05) is 0 Å². The van der Waals surface area contributed by atoms with Gasteiger partial charge >= 0.3 is 5.97 Å². The fraction of sp³-hybridized carbons (Fsp3) is 0.933. The van der Waals surface area contributed by atoms with E-state index in [1.165, 1.54) is 25.8 Å². The standard InChI is InChI=1S/C15H28N2O2/c1-4-19-14(18)15(16-2)9-5-6-13(10-15)17(3)11-12-7-8-12/h12-13,16H,4-11H2,1-3H3. The molecule has 0 aromatic carbocycles. The smallest absolute Gasteiger partial charge is 0.326 e. The number of nitrogens with one attached hydrogen (secondary N) is 1. The van der Waals surface area contributed by atoms with Gasteiger partial charge in [0, 0.05) is 12.6 Å². The van der Waals surface area contributed by atoms with Gasteiger partial charge in [0.25, 0.3) is 0 Å². The summed E-state index contributed by atoms with van der Waals surface area (Å²) in [5.74, 6) is 0.834. The van der Waals surface area contributed by atoms with Crippen LogP contribution in [0, 0.1) is 5.92 Å². The molecule has 2 fully saturated rings. The number of hydrogen-bond acceptors (Lipinski definition) is 4. The predicted octanol–water partition coefficient (Wildman–Crippen LogP) is 1.79. The van der Waals surface area contributed by atoms with Crippen LogP contribution in [-0.2, 0) is 9.53 Å². The Bertz CT molecular complexity index is 317. The van der Waals surface area contributed by atoms with Gasteiger partial charge in [-0.2, -0.15) is 0 Å². The molecule has 0 spiro atoms. The first kappa shape index (κ1) is 14.8. The van der Waals surface area contributed by atoms with Crippen LogP contribution in [0.25, 0.3) is 0 Å². The first-order valence-corrected chi connectivity index (χ1v) is 7.67. The van der Waals surface area contributed by atoms with Crippen LogP contribution in [-0.4, -0.2) is 49.7 Å². The number of hydrogen-bond donors (Lipinski definition) is 1. The molecular formula is C15H28N2O2. The van der Waals surface area contributed by atoms with E-state index in [0.717, 1.165) is 25.2 Å². The molecule has 2 aliphatic rings. The molecule has 0 bridgehead atoms. The Labute approximate surface area is 116 Å². The van der Waals surface area contributed by atoms with E-state index in [2.05, 4.69) is 17.3 Å². The van der Waals surface area contributed by atoms with Gasteiger partial charge in [0.1, 0.15) is 5.54 Å². The first-order chi connectivity index (χ1) is 9.11. The Morgan fingerprint density at radius 3 is 2.74 bits per heavy atom. The largest absolute Gasteiger partial charge is 0.465 e. The summed E-state index contributed by atoms with van der Waals surface area (Å²) in [5, 5.41) is 3.25. The van der Waals surface area contributed by atoms with Gasteiger partial charge in [-0.3, -0.25) is 4.79 Å². The Morgan fingerprint density at radius 1 is 1.42 bits per heavy atom. The first-order valence-electron chi connectivity index (χ1n) is 7.67. The lowest BCUT2D eigenvalue weighted by molar-refractivity contribution is -0.153. The van der Waals surface area contributed by atoms with E-state index in [1.54, 1.807) is 0 Å². The van der Waals surface area contributed by atoms with Gasteiger partial charge < -0.3 is 15.0 Å². The lowest BCUT2D eigenvalue weighted by Crippen LogP contribution is -2.57. The molecule has 110 valence electrons. The van der Waals surface area contributed by atoms with Crippen LogP contribution in [0.1, 0.15) is 45.4 Å². The third kappa shape index (κ3) is 3.48. The SMILES string of the molecule is CCOC(=O)C1(NC)CCCC(N(C)CC2CC2)C1. The zero-order valence-electron chi connectivity index (χ0n) is 12.6. The molecule has 0 radical (unpaired) electrons. The molecule has 0 aromatic rings. The summed E-state index contributed by atoms with van der Waals surface area (Å²) in [7, 11) is 4.10. The molecule has 2 rings (SSSR count). The minimum Gasteiger partial charge on any atom is -0.465 e. The molecule has 0 aliphatic heterocycles. The molecule has 1 N–H and O–H groups in total. The Morgan fingerprint density at radius 2 is 2.16 bits per heavy atom. The molecule has 0 heterocycles. The molecule has 19 heavy (non-hydrogen) atoms. The molecule has 2 atom stereocenters. The van der Waals surface area contributed by atoms with Crippen LogP contribution in [0.15, 0.2) is 0 Å². The summed E-state index contributed by atoms with van der Waals surface area (Å²) in [4.78, 5) is 14.7. The van der Waals surface area contributed by atoms with E-state index in [4.69, 9.17) is 4.74 Å². The minimum atomic E-state index is -0.462. The van der Waals surface area contributed by atoms with Crippen molar-refractivity contribution >= 4 is 5.97 Å². The zero-order valence-corrected chi connectivity index (χ0v) is 12.6. The van der Waals surface area contributed by atoms with Gasteiger partial charge in [0.05, 0.1) is 6.61 Å². The van der Waals surface area contributed by atoms with Gasteiger partial charge in [-0.15, -0.1) is 0 Å². The van der Waals surface area contributed by atoms with Crippen LogP contribution < -0.4 is 5.32 Å². The number of esters is 1. The maximum absolute atomic E-state index is 12.3. The van der Waals surface area contributed by atoms with Crippen molar-refractivity contribution in [2.75, 3.05) is 27.2 Å². The Balaban J connectivity index is 1.98. The Kier molecular flexibility index (Phi) is 4.85. The fourth-order valence-electron chi connectivity index (χ4n) is 3.26. The van der Waals surface area contributed by atoms with Crippen LogP contribution in [0.2, 0.25) is 0 Å². The van der Waals surface area contributed by atoms with Crippen LogP contribution in [0.5, 0.6) is 0 Å². The summed E-state index contributed by atoms with van der Waals surface area (Å²) in [6.07, 6.45) is 6.84. The summed E-state index contributed by atoms with van der Waals surface area (Å²) < 4.78 is 5.28. The van der Waals surface area contributed by atoms with E-state index in [1.807, 2.05) is 14.0 Å². The summed E-state index contributed by atoms with van der Waals surface area (Å²) >= 11 is 0. The van der Waals surface area contributed by atoms with Crippen molar-refractivity contribution in [2.45, 2.75) is 57.0 Å². The predicted molar refractivity (Wildman–Crippen MR) is 76.0 cm³/mol. The fourth-order valence-corrected chi connectivity index (χ4v) is 3.26. The monoisotopic (exact) mass is 268 g/mol. The zero-order chi connectivity index (χ0) is 13.9. The van der Waals surface area contributed by atoms with E-state index in [-0.39, 0.29) is 5.97 Å².